The van der Waals surface area contributed by atoms with Crippen molar-refractivity contribution < 1.29 is 8.42 Å². The molecule has 0 aliphatic rings. The van der Waals surface area contributed by atoms with Gasteiger partial charge >= 0.3 is 0 Å². The smallest absolute Gasteiger partial charge is 0.263 e. The number of halogens is 1. The number of nitrogen functional groups attached to an aromatic ring is 1. The van der Waals surface area contributed by atoms with Crippen molar-refractivity contribution >= 4 is 33.1 Å². The van der Waals surface area contributed by atoms with Crippen molar-refractivity contribution in [3.63, 3.8) is 0 Å². The van der Waals surface area contributed by atoms with Crippen LogP contribution in [-0.4, -0.2) is 18.6 Å². The molecule has 0 aliphatic heterocycles. The molecule has 0 fully saturated rings. The zero-order valence-electron chi connectivity index (χ0n) is 10.7. The van der Waals surface area contributed by atoms with E-state index >= 15 is 0 Å². The standard InChI is InChI=1S/C12H13ClN4O2S/c1-2-8-3-4-9(7-10(8)14)20(18,19)17-12-6-5-11(13)15-16-12/h3-7H,2,14H2,1H3,(H,16,17). The maximum atomic E-state index is 12.2. The Hall–Kier alpha value is -1.86. The molecule has 0 saturated heterocycles. The van der Waals surface area contributed by atoms with Gasteiger partial charge in [0, 0.05) is 5.69 Å². The van der Waals surface area contributed by atoms with Crippen LogP contribution < -0.4 is 10.5 Å². The summed E-state index contributed by atoms with van der Waals surface area (Å²) in [5, 5.41) is 7.39. The summed E-state index contributed by atoms with van der Waals surface area (Å²) in [6.45, 7) is 1.95. The molecule has 1 heterocycles. The maximum Gasteiger partial charge on any atom is 0.263 e. The van der Waals surface area contributed by atoms with Gasteiger partial charge in [0.05, 0.1) is 4.90 Å². The average molecular weight is 313 g/mol. The summed E-state index contributed by atoms with van der Waals surface area (Å²) in [7, 11) is -3.75. The SMILES string of the molecule is CCc1ccc(S(=O)(=O)Nc2ccc(Cl)nn2)cc1N. The van der Waals surface area contributed by atoms with Gasteiger partial charge in [-0.25, -0.2) is 8.42 Å². The summed E-state index contributed by atoms with van der Waals surface area (Å²) in [5.41, 5.74) is 7.14. The molecule has 8 heteroatoms. The Kier molecular flexibility index (Phi) is 4.10. The van der Waals surface area contributed by atoms with Crippen LogP contribution in [-0.2, 0) is 16.4 Å². The van der Waals surface area contributed by atoms with Crippen LogP contribution in [0.5, 0.6) is 0 Å². The number of hydrogen-bond donors (Lipinski definition) is 2. The minimum atomic E-state index is -3.75. The molecule has 0 saturated carbocycles. The molecule has 2 aromatic rings. The summed E-state index contributed by atoms with van der Waals surface area (Å²) < 4.78 is 26.7. The number of sulfonamides is 1. The minimum Gasteiger partial charge on any atom is -0.398 e. The first-order valence-electron chi connectivity index (χ1n) is 5.83. The van der Waals surface area contributed by atoms with Crippen LogP contribution in [0.25, 0.3) is 0 Å². The second-order valence-electron chi connectivity index (χ2n) is 4.06. The van der Waals surface area contributed by atoms with Crippen LogP contribution in [0.4, 0.5) is 11.5 Å². The number of nitrogens with zero attached hydrogens (tertiary/aromatic N) is 2. The number of hydrogen-bond acceptors (Lipinski definition) is 5. The van der Waals surface area contributed by atoms with Gasteiger partial charge in [-0.05, 0) is 36.2 Å². The van der Waals surface area contributed by atoms with Crippen LogP contribution in [0, 0.1) is 0 Å². The van der Waals surface area contributed by atoms with E-state index in [9.17, 15) is 8.42 Å². The highest BCUT2D eigenvalue weighted by atomic mass is 35.5. The fourth-order valence-electron chi connectivity index (χ4n) is 1.63. The van der Waals surface area contributed by atoms with Gasteiger partial charge in [-0.2, -0.15) is 0 Å². The third kappa shape index (κ3) is 3.17. The fraction of sp³-hybridized carbons (Fsp3) is 0.167. The molecule has 6 nitrogen and oxygen atoms in total. The Morgan fingerprint density at radius 2 is 2.00 bits per heavy atom. The zero-order chi connectivity index (χ0) is 14.8. The lowest BCUT2D eigenvalue weighted by Gasteiger charge is -2.09. The second-order valence-corrected chi connectivity index (χ2v) is 6.13. The van der Waals surface area contributed by atoms with Crippen molar-refractivity contribution in [3.05, 3.63) is 41.0 Å². The van der Waals surface area contributed by atoms with E-state index in [1.54, 1.807) is 6.07 Å². The van der Waals surface area contributed by atoms with Crippen molar-refractivity contribution in [2.75, 3.05) is 10.5 Å². The number of anilines is 2. The molecule has 0 amide bonds. The van der Waals surface area contributed by atoms with Crippen molar-refractivity contribution in [2.24, 2.45) is 0 Å². The van der Waals surface area contributed by atoms with Crippen molar-refractivity contribution in [3.8, 4) is 0 Å². The van der Waals surface area contributed by atoms with Crippen LogP contribution in [0.1, 0.15) is 12.5 Å². The molecule has 0 atom stereocenters. The van der Waals surface area contributed by atoms with Gasteiger partial charge in [0.15, 0.2) is 11.0 Å². The van der Waals surface area contributed by atoms with Gasteiger partial charge in [0.1, 0.15) is 0 Å². The van der Waals surface area contributed by atoms with Gasteiger partial charge in [-0.1, -0.05) is 24.6 Å². The molecule has 106 valence electrons. The lowest BCUT2D eigenvalue weighted by atomic mass is 10.1. The zero-order valence-corrected chi connectivity index (χ0v) is 12.2. The number of nitrogens with two attached hydrogens (primary N) is 1. The van der Waals surface area contributed by atoms with Crippen LogP contribution in [0.15, 0.2) is 35.2 Å². The quantitative estimate of drug-likeness (QED) is 0.842. The summed E-state index contributed by atoms with van der Waals surface area (Å²) in [5.74, 6) is 0.0903. The van der Waals surface area contributed by atoms with E-state index in [2.05, 4.69) is 14.9 Å². The first-order chi connectivity index (χ1) is 9.42. The Morgan fingerprint density at radius 1 is 1.25 bits per heavy atom. The molecule has 0 radical (unpaired) electrons. The molecule has 0 unspecified atom stereocenters. The Morgan fingerprint density at radius 3 is 2.55 bits per heavy atom. The molecule has 20 heavy (non-hydrogen) atoms. The number of aryl methyl sites for hydroxylation is 1. The van der Waals surface area contributed by atoms with E-state index in [4.69, 9.17) is 17.3 Å². The average Bonchev–Trinajstić information content (AvgIpc) is 2.41. The van der Waals surface area contributed by atoms with Crippen LogP contribution in [0.3, 0.4) is 0 Å². The molecular weight excluding hydrogens is 300 g/mol. The van der Waals surface area contributed by atoms with Crippen molar-refractivity contribution in [1.29, 1.82) is 0 Å². The maximum absolute atomic E-state index is 12.2. The van der Waals surface area contributed by atoms with E-state index in [0.29, 0.717) is 5.69 Å². The summed E-state index contributed by atoms with van der Waals surface area (Å²) in [6.07, 6.45) is 0.738. The predicted octanol–water partition coefficient (Wildman–Crippen LogP) is 2.08. The first-order valence-corrected chi connectivity index (χ1v) is 7.69. The Bertz CT molecular complexity index is 717. The number of rotatable bonds is 4. The molecule has 0 aliphatic carbocycles. The number of benzene rings is 1. The van der Waals surface area contributed by atoms with Crippen molar-refractivity contribution in [2.45, 2.75) is 18.2 Å². The van der Waals surface area contributed by atoms with Crippen LogP contribution >= 0.6 is 11.6 Å². The highest BCUT2D eigenvalue weighted by Crippen LogP contribution is 2.20. The van der Waals surface area contributed by atoms with Gasteiger partial charge in [0.2, 0.25) is 0 Å². The predicted molar refractivity (Wildman–Crippen MR) is 78.1 cm³/mol. The first kappa shape index (κ1) is 14.5. The van der Waals surface area contributed by atoms with Gasteiger partial charge < -0.3 is 5.73 Å². The Labute approximate surface area is 122 Å². The fourth-order valence-corrected chi connectivity index (χ4v) is 2.76. The number of nitrogens with one attached hydrogen (secondary N) is 1. The van der Waals surface area contributed by atoms with E-state index in [0.717, 1.165) is 12.0 Å². The molecule has 2 rings (SSSR count). The van der Waals surface area contributed by atoms with E-state index in [1.165, 1.54) is 24.3 Å². The lowest BCUT2D eigenvalue weighted by Crippen LogP contribution is -2.14. The molecule has 0 spiro atoms. The summed E-state index contributed by atoms with van der Waals surface area (Å²) in [4.78, 5) is 0.0731. The molecular formula is C12H13ClN4O2S. The monoisotopic (exact) mass is 312 g/mol. The van der Waals surface area contributed by atoms with E-state index < -0.39 is 10.0 Å². The van der Waals surface area contributed by atoms with Gasteiger partial charge in [-0.3, -0.25) is 4.72 Å². The molecule has 0 bridgehead atoms. The van der Waals surface area contributed by atoms with Gasteiger partial charge in [0.25, 0.3) is 10.0 Å². The third-order valence-electron chi connectivity index (χ3n) is 2.68. The normalized spacial score (nSPS) is 11.3. The molecule has 1 aromatic heterocycles. The molecule has 1 aromatic carbocycles. The summed E-state index contributed by atoms with van der Waals surface area (Å²) in [6, 6.07) is 7.49. The topological polar surface area (TPSA) is 98.0 Å². The number of aromatic nitrogens is 2. The third-order valence-corrected chi connectivity index (χ3v) is 4.23. The van der Waals surface area contributed by atoms with Gasteiger partial charge in [-0.15, -0.1) is 10.2 Å². The second kappa shape index (κ2) is 5.64. The largest absolute Gasteiger partial charge is 0.398 e. The van der Waals surface area contributed by atoms with Crippen LogP contribution in [0.2, 0.25) is 5.15 Å². The highest BCUT2D eigenvalue weighted by molar-refractivity contribution is 7.92. The highest BCUT2D eigenvalue weighted by Gasteiger charge is 2.16. The van der Waals surface area contributed by atoms with Crippen molar-refractivity contribution in [1.82, 2.24) is 10.2 Å². The summed E-state index contributed by atoms with van der Waals surface area (Å²) >= 11 is 5.59. The minimum absolute atomic E-state index is 0.0731. The Balaban J connectivity index is 2.30. The lowest BCUT2D eigenvalue weighted by molar-refractivity contribution is 0.601. The van der Waals surface area contributed by atoms with E-state index in [1.807, 2.05) is 6.92 Å². The molecule has 3 N–H and O–H groups in total. The van der Waals surface area contributed by atoms with E-state index in [-0.39, 0.29) is 15.9 Å².